The zero-order chi connectivity index (χ0) is 14.4. The minimum absolute atomic E-state index is 0.0398. The van der Waals surface area contributed by atoms with Crippen LogP contribution in [0.15, 0.2) is 24.3 Å². The van der Waals surface area contributed by atoms with E-state index in [4.69, 9.17) is 11.6 Å². The smallest absolute Gasteiger partial charge is 0.234 e. The fourth-order valence-corrected chi connectivity index (χ4v) is 2.66. The molecule has 1 fully saturated rings. The van der Waals surface area contributed by atoms with Gasteiger partial charge in [0.1, 0.15) is 0 Å². The van der Waals surface area contributed by atoms with Crippen LogP contribution in [0.2, 0.25) is 5.02 Å². The van der Waals surface area contributed by atoms with Crippen LogP contribution in [0, 0.1) is 0 Å². The lowest BCUT2D eigenvalue weighted by Gasteiger charge is -2.31. The van der Waals surface area contributed by atoms with E-state index >= 15 is 0 Å². The van der Waals surface area contributed by atoms with E-state index in [9.17, 15) is 4.79 Å². The van der Waals surface area contributed by atoms with Crippen molar-refractivity contribution in [1.29, 1.82) is 0 Å². The number of amides is 1. The molecule has 0 radical (unpaired) electrons. The summed E-state index contributed by atoms with van der Waals surface area (Å²) in [6.07, 6.45) is 2.33. The van der Waals surface area contributed by atoms with Gasteiger partial charge >= 0.3 is 0 Å². The highest BCUT2D eigenvalue weighted by molar-refractivity contribution is 6.31. The van der Waals surface area contributed by atoms with Crippen molar-refractivity contribution in [2.45, 2.75) is 25.4 Å². The number of carbonyl (C=O) groups is 1. The number of piperidine rings is 1. The van der Waals surface area contributed by atoms with Crippen molar-refractivity contribution in [3.63, 3.8) is 0 Å². The highest BCUT2D eigenvalue weighted by atomic mass is 35.5. The summed E-state index contributed by atoms with van der Waals surface area (Å²) in [5.41, 5.74) is 0.949. The average Bonchev–Trinajstić information content (AvgIpc) is 2.47. The molecule has 1 saturated heterocycles. The molecule has 0 aromatic heterocycles. The predicted octanol–water partition coefficient (Wildman–Crippen LogP) is 1.64. The van der Waals surface area contributed by atoms with Crippen LogP contribution >= 0.6 is 11.6 Å². The molecule has 20 heavy (non-hydrogen) atoms. The lowest BCUT2D eigenvalue weighted by molar-refractivity contribution is -0.122. The van der Waals surface area contributed by atoms with Gasteiger partial charge in [-0.1, -0.05) is 29.8 Å². The molecule has 1 aromatic carbocycles. The normalized spacial score (nSPS) is 19.1. The summed E-state index contributed by atoms with van der Waals surface area (Å²) in [7, 11) is 2.01. The topological polar surface area (TPSA) is 44.4 Å². The Morgan fingerprint density at radius 1 is 1.50 bits per heavy atom. The molecule has 0 bridgehead atoms. The molecule has 0 aliphatic carbocycles. The maximum absolute atomic E-state index is 12.0. The Kier molecular flexibility index (Phi) is 5.83. The first-order valence-corrected chi connectivity index (χ1v) is 7.45. The van der Waals surface area contributed by atoms with Crippen LogP contribution in [-0.4, -0.2) is 43.5 Å². The van der Waals surface area contributed by atoms with Crippen molar-refractivity contribution < 1.29 is 4.79 Å². The van der Waals surface area contributed by atoms with Crippen molar-refractivity contribution in [2.75, 3.05) is 26.7 Å². The second-order valence-corrected chi connectivity index (χ2v) is 5.69. The zero-order valence-electron chi connectivity index (χ0n) is 11.9. The highest BCUT2D eigenvalue weighted by Crippen LogP contribution is 2.14. The molecule has 110 valence electrons. The standard InChI is InChI=1S/C15H22ClN3O/c1-19(13-6-4-8-17-10-13)11-15(20)18-9-12-5-2-3-7-14(12)16/h2-3,5,7,13,17H,4,6,8-11H2,1H3,(H,18,20). The molecule has 4 nitrogen and oxygen atoms in total. The van der Waals surface area contributed by atoms with E-state index in [2.05, 4.69) is 15.5 Å². The molecule has 2 N–H and O–H groups in total. The minimum Gasteiger partial charge on any atom is -0.351 e. The van der Waals surface area contributed by atoms with Crippen LogP contribution in [-0.2, 0) is 11.3 Å². The molecule has 5 heteroatoms. The Bertz CT molecular complexity index is 446. The molecular formula is C15H22ClN3O. The van der Waals surface area contributed by atoms with Gasteiger partial charge in [-0.2, -0.15) is 0 Å². The number of rotatable bonds is 5. The van der Waals surface area contributed by atoms with Gasteiger partial charge in [0.05, 0.1) is 6.54 Å². The number of nitrogens with one attached hydrogen (secondary N) is 2. The molecule has 1 aliphatic rings. The van der Waals surface area contributed by atoms with Gasteiger partial charge in [-0.15, -0.1) is 0 Å². The van der Waals surface area contributed by atoms with Crippen LogP contribution in [0.1, 0.15) is 18.4 Å². The maximum Gasteiger partial charge on any atom is 0.234 e. The molecule has 1 aliphatic heterocycles. The molecule has 0 saturated carbocycles. The van der Waals surface area contributed by atoms with Gasteiger partial charge < -0.3 is 10.6 Å². The van der Waals surface area contributed by atoms with Gasteiger partial charge in [0, 0.05) is 24.2 Å². The summed E-state index contributed by atoms with van der Waals surface area (Å²) in [6.45, 7) is 2.96. The SMILES string of the molecule is CN(CC(=O)NCc1ccccc1Cl)C1CCCNC1. The van der Waals surface area contributed by atoms with Gasteiger partial charge in [-0.25, -0.2) is 0 Å². The Labute approximate surface area is 125 Å². The van der Waals surface area contributed by atoms with E-state index in [1.165, 1.54) is 6.42 Å². The zero-order valence-corrected chi connectivity index (χ0v) is 12.6. The molecular weight excluding hydrogens is 274 g/mol. The Hall–Kier alpha value is -1.10. The van der Waals surface area contributed by atoms with Crippen LogP contribution in [0.25, 0.3) is 0 Å². The molecule has 1 heterocycles. The fraction of sp³-hybridized carbons (Fsp3) is 0.533. The van der Waals surface area contributed by atoms with Crippen LogP contribution < -0.4 is 10.6 Å². The van der Waals surface area contributed by atoms with E-state index in [0.29, 0.717) is 24.2 Å². The van der Waals surface area contributed by atoms with Crippen LogP contribution in [0.5, 0.6) is 0 Å². The van der Waals surface area contributed by atoms with E-state index in [0.717, 1.165) is 25.1 Å². The number of benzene rings is 1. The highest BCUT2D eigenvalue weighted by Gasteiger charge is 2.19. The predicted molar refractivity (Wildman–Crippen MR) is 81.8 cm³/mol. The van der Waals surface area contributed by atoms with Crippen LogP contribution in [0.3, 0.4) is 0 Å². The van der Waals surface area contributed by atoms with Gasteiger partial charge in [0.25, 0.3) is 0 Å². The summed E-state index contributed by atoms with van der Waals surface area (Å²) < 4.78 is 0. The summed E-state index contributed by atoms with van der Waals surface area (Å²) >= 11 is 6.07. The van der Waals surface area contributed by atoms with E-state index < -0.39 is 0 Å². The number of likely N-dealkylation sites (N-methyl/N-ethyl adjacent to an activating group) is 1. The van der Waals surface area contributed by atoms with Crippen molar-refractivity contribution in [1.82, 2.24) is 15.5 Å². The maximum atomic E-state index is 12.0. The molecule has 2 rings (SSSR count). The first-order valence-electron chi connectivity index (χ1n) is 7.08. The number of hydrogen-bond acceptors (Lipinski definition) is 3. The quantitative estimate of drug-likeness (QED) is 0.868. The fourth-order valence-electron chi connectivity index (χ4n) is 2.46. The number of hydrogen-bond donors (Lipinski definition) is 2. The molecule has 1 aromatic rings. The first kappa shape index (κ1) is 15.3. The summed E-state index contributed by atoms with van der Waals surface area (Å²) in [5, 5.41) is 6.98. The second kappa shape index (κ2) is 7.62. The number of carbonyl (C=O) groups excluding carboxylic acids is 1. The second-order valence-electron chi connectivity index (χ2n) is 5.28. The summed E-state index contributed by atoms with van der Waals surface area (Å²) in [5.74, 6) is 0.0398. The average molecular weight is 296 g/mol. The van der Waals surface area contributed by atoms with Gasteiger partial charge in [0.2, 0.25) is 5.91 Å². The third kappa shape index (κ3) is 4.47. The Balaban J connectivity index is 1.76. The van der Waals surface area contributed by atoms with Crippen molar-refractivity contribution in [3.8, 4) is 0 Å². The third-order valence-corrected chi connectivity index (χ3v) is 4.09. The Morgan fingerprint density at radius 2 is 2.30 bits per heavy atom. The number of nitrogens with zero attached hydrogens (tertiary/aromatic N) is 1. The van der Waals surface area contributed by atoms with Crippen molar-refractivity contribution in [3.05, 3.63) is 34.9 Å². The molecule has 1 unspecified atom stereocenters. The Morgan fingerprint density at radius 3 is 3.00 bits per heavy atom. The summed E-state index contributed by atoms with van der Waals surface area (Å²) in [4.78, 5) is 14.1. The lowest BCUT2D eigenvalue weighted by Crippen LogP contribution is -2.47. The van der Waals surface area contributed by atoms with Crippen molar-refractivity contribution in [2.24, 2.45) is 0 Å². The van der Waals surface area contributed by atoms with Crippen LogP contribution in [0.4, 0.5) is 0 Å². The summed E-state index contributed by atoms with van der Waals surface area (Å²) in [6, 6.07) is 8.03. The first-order chi connectivity index (χ1) is 9.66. The lowest BCUT2D eigenvalue weighted by atomic mass is 10.1. The largest absolute Gasteiger partial charge is 0.351 e. The molecule has 1 amide bonds. The molecule has 1 atom stereocenters. The van der Waals surface area contributed by atoms with E-state index in [1.807, 2.05) is 31.3 Å². The van der Waals surface area contributed by atoms with Crippen molar-refractivity contribution >= 4 is 17.5 Å². The van der Waals surface area contributed by atoms with E-state index in [1.54, 1.807) is 0 Å². The van der Waals surface area contributed by atoms with E-state index in [-0.39, 0.29) is 5.91 Å². The van der Waals surface area contributed by atoms with Gasteiger partial charge in [-0.3, -0.25) is 9.69 Å². The molecule has 0 spiro atoms. The van der Waals surface area contributed by atoms with Gasteiger partial charge in [-0.05, 0) is 38.1 Å². The number of halogens is 1. The van der Waals surface area contributed by atoms with Gasteiger partial charge in [0.15, 0.2) is 0 Å². The minimum atomic E-state index is 0.0398. The monoisotopic (exact) mass is 295 g/mol. The third-order valence-electron chi connectivity index (χ3n) is 3.72.